The number of hydrogen-bond donors (Lipinski definition) is 1. The molecule has 2 amide bonds. The molecule has 0 aliphatic carbocycles. The summed E-state index contributed by atoms with van der Waals surface area (Å²) in [6.45, 7) is 3.77. The molecule has 6 heteroatoms. The van der Waals surface area contributed by atoms with Crippen molar-refractivity contribution in [3.8, 4) is 11.1 Å². The molecular formula is C16H20N4O2. The van der Waals surface area contributed by atoms with Crippen molar-refractivity contribution in [1.29, 1.82) is 0 Å². The summed E-state index contributed by atoms with van der Waals surface area (Å²) >= 11 is 0. The molecule has 2 aromatic rings. The predicted molar refractivity (Wildman–Crippen MR) is 83.5 cm³/mol. The van der Waals surface area contributed by atoms with Crippen molar-refractivity contribution in [2.45, 2.75) is 6.54 Å². The van der Waals surface area contributed by atoms with Gasteiger partial charge in [-0.2, -0.15) is 5.10 Å². The molecule has 3 rings (SSSR count). The first kappa shape index (κ1) is 14.6. The van der Waals surface area contributed by atoms with Gasteiger partial charge in [0.2, 0.25) is 0 Å². The van der Waals surface area contributed by atoms with Crippen molar-refractivity contribution < 1.29 is 9.53 Å². The molecule has 0 radical (unpaired) electrons. The summed E-state index contributed by atoms with van der Waals surface area (Å²) in [5.74, 6) is 0. The van der Waals surface area contributed by atoms with Gasteiger partial charge in [-0.1, -0.05) is 30.3 Å². The Balaban J connectivity index is 1.48. The highest BCUT2D eigenvalue weighted by Gasteiger charge is 2.15. The second-order valence-corrected chi connectivity index (χ2v) is 5.19. The third-order valence-corrected chi connectivity index (χ3v) is 3.66. The van der Waals surface area contributed by atoms with Crippen LogP contribution in [0.2, 0.25) is 0 Å². The zero-order chi connectivity index (χ0) is 15.2. The summed E-state index contributed by atoms with van der Waals surface area (Å²) in [4.78, 5) is 13.7. The Labute approximate surface area is 129 Å². The number of carbonyl (C=O) groups excluding carboxylic acids is 1. The molecule has 1 aromatic heterocycles. The number of nitrogens with zero attached hydrogens (tertiary/aromatic N) is 3. The Hall–Kier alpha value is -2.34. The lowest BCUT2D eigenvalue weighted by Crippen LogP contribution is -2.46. The van der Waals surface area contributed by atoms with Crippen molar-refractivity contribution in [3.05, 3.63) is 42.7 Å². The molecule has 1 N–H and O–H groups in total. The van der Waals surface area contributed by atoms with E-state index in [4.69, 9.17) is 4.74 Å². The van der Waals surface area contributed by atoms with E-state index >= 15 is 0 Å². The van der Waals surface area contributed by atoms with Gasteiger partial charge in [-0.05, 0) is 5.56 Å². The number of ether oxygens (including phenoxy) is 1. The average Bonchev–Trinajstić information content (AvgIpc) is 3.05. The summed E-state index contributed by atoms with van der Waals surface area (Å²) < 4.78 is 7.08. The third-order valence-electron chi connectivity index (χ3n) is 3.66. The number of carbonyl (C=O) groups is 1. The van der Waals surface area contributed by atoms with Gasteiger partial charge in [0.25, 0.3) is 0 Å². The Morgan fingerprint density at radius 1 is 1.18 bits per heavy atom. The highest BCUT2D eigenvalue weighted by atomic mass is 16.5. The minimum atomic E-state index is -0.0289. The number of urea groups is 1. The highest BCUT2D eigenvalue weighted by molar-refractivity contribution is 5.74. The van der Waals surface area contributed by atoms with Gasteiger partial charge in [-0.15, -0.1) is 0 Å². The molecule has 0 atom stereocenters. The monoisotopic (exact) mass is 300 g/mol. The van der Waals surface area contributed by atoms with Crippen molar-refractivity contribution in [3.63, 3.8) is 0 Å². The number of amides is 2. The second kappa shape index (κ2) is 7.09. The molecule has 2 heterocycles. The number of hydrogen-bond acceptors (Lipinski definition) is 3. The second-order valence-electron chi connectivity index (χ2n) is 5.19. The number of benzene rings is 1. The molecule has 1 saturated heterocycles. The van der Waals surface area contributed by atoms with Gasteiger partial charge in [-0.25, -0.2) is 4.79 Å². The molecule has 1 aliphatic rings. The van der Waals surface area contributed by atoms with Crippen LogP contribution in [0.25, 0.3) is 11.1 Å². The number of morpholine rings is 1. The molecule has 6 nitrogen and oxygen atoms in total. The van der Waals surface area contributed by atoms with E-state index in [-0.39, 0.29) is 6.03 Å². The molecule has 1 aliphatic heterocycles. The van der Waals surface area contributed by atoms with Crippen molar-refractivity contribution in [2.75, 3.05) is 32.8 Å². The minimum absolute atomic E-state index is 0.0289. The van der Waals surface area contributed by atoms with Crippen LogP contribution in [0.1, 0.15) is 0 Å². The maximum absolute atomic E-state index is 11.9. The van der Waals surface area contributed by atoms with Crippen LogP contribution in [-0.2, 0) is 11.3 Å². The molecule has 1 aromatic carbocycles. The van der Waals surface area contributed by atoms with E-state index in [2.05, 4.69) is 22.5 Å². The maximum atomic E-state index is 11.9. The summed E-state index contributed by atoms with van der Waals surface area (Å²) in [6.07, 6.45) is 3.84. The Morgan fingerprint density at radius 2 is 1.95 bits per heavy atom. The van der Waals surface area contributed by atoms with Gasteiger partial charge in [-0.3, -0.25) is 4.68 Å². The summed E-state index contributed by atoms with van der Waals surface area (Å²) in [5, 5.41) is 7.25. The predicted octanol–water partition coefficient (Wildman–Crippen LogP) is 1.59. The van der Waals surface area contributed by atoms with Crippen molar-refractivity contribution in [1.82, 2.24) is 20.0 Å². The molecule has 116 valence electrons. The van der Waals surface area contributed by atoms with Gasteiger partial charge < -0.3 is 15.0 Å². The quantitative estimate of drug-likeness (QED) is 0.933. The fourth-order valence-corrected chi connectivity index (χ4v) is 2.42. The van der Waals surface area contributed by atoms with Crippen LogP contribution in [0.4, 0.5) is 4.79 Å². The molecule has 0 bridgehead atoms. The van der Waals surface area contributed by atoms with Crippen molar-refractivity contribution >= 4 is 6.03 Å². The van der Waals surface area contributed by atoms with Gasteiger partial charge in [0, 0.05) is 31.4 Å². The van der Waals surface area contributed by atoms with Crippen LogP contribution >= 0.6 is 0 Å². The fourth-order valence-electron chi connectivity index (χ4n) is 2.42. The van der Waals surface area contributed by atoms with E-state index in [1.54, 1.807) is 4.90 Å². The zero-order valence-electron chi connectivity index (χ0n) is 12.4. The first-order valence-corrected chi connectivity index (χ1v) is 7.51. The highest BCUT2D eigenvalue weighted by Crippen LogP contribution is 2.17. The minimum Gasteiger partial charge on any atom is -0.378 e. The topological polar surface area (TPSA) is 59.4 Å². The van der Waals surface area contributed by atoms with E-state index < -0.39 is 0 Å². The maximum Gasteiger partial charge on any atom is 0.317 e. The first-order valence-electron chi connectivity index (χ1n) is 7.51. The Morgan fingerprint density at radius 3 is 2.73 bits per heavy atom. The van der Waals surface area contributed by atoms with Crippen LogP contribution < -0.4 is 5.32 Å². The van der Waals surface area contributed by atoms with Gasteiger partial charge in [0.05, 0.1) is 26.0 Å². The molecule has 0 unspecified atom stereocenters. The summed E-state index contributed by atoms with van der Waals surface area (Å²) in [5.41, 5.74) is 2.23. The smallest absolute Gasteiger partial charge is 0.317 e. The van der Waals surface area contributed by atoms with Gasteiger partial charge >= 0.3 is 6.03 Å². The molecule has 0 spiro atoms. The largest absolute Gasteiger partial charge is 0.378 e. The molecule has 22 heavy (non-hydrogen) atoms. The third kappa shape index (κ3) is 3.65. The lowest BCUT2D eigenvalue weighted by molar-refractivity contribution is 0.0532. The fraction of sp³-hybridized carbons (Fsp3) is 0.375. The van der Waals surface area contributed by atoms with Crippen LogP contribution in [0.3, 0.4) is 0 Å². The van der Waals surface area contributed by atoms with E-state index in [9.17, 15) is 4.79 Å². The zero-order valence-corrected chi connectivity index (χ0v) is 12.4. The van der Waals surface area contributed by atoms with Crippen molar-refractivity contribution in [2.24, 2.45) is 0 Å². The summed E-state index contributed by atoms with van der Waals surface area (Å²) in [6, 6.07) is 10.1. The SMILES string of the molecule is O=C(NCCn1cc(-c2ccccc2)cn1)N1CCOCC1. The molecule has 0 saturated carbocycles. The van der Waals surface area contributed by atoms with Crippen LogP contribution in [0.5, 0.6) is 0 Å². The average molecular weight is 300 g/mol. The number of nitrogens with one attached hydrogen (secondary N) is 1. The first-order chi connectivity index (χ1) is 10.8. The molecule has 1 fully saturated rings. The number of aromatic nitrogens is 2. The van der Waals surface area contributed by atoms with E-state index in [1.165, 1.54) is 0 Å². The lowest BCUT2D eigenvalue weighted by Gasteiger charge is -2.26. The Kier molecular flexibility index (Phi) is 4.70. The normalized spacial score (nSPS) is 14.8. The summed E-state index contributed by atoms with van der Waals surface area (Å²) in [7, 11) is 0. The van der Waals surface area contributed by atoms with E-state index in [0.29, 0.717) is 39.4 Å². The van der Waals surface area contributed by atoms with Crippen LogP contribution in [-0.4, -0.2) is 53.6 Å². The van der Waals surface area contributed by atoms with Crippen LogP contribution in [0.15, 0.2) is 42.7 Å². The van der Waals surface area contributed by atoms with Gasteiger partial charge in [0.1, 0.15) is 0 Å². The van der Waals surface area contributed by atoms with E-state index in [0.717, 1.165) is 11.1 Å². The lowest BCUT2D eigenvalue weighted by atomic mass is 10.1. The van der Waals surface area contributed by atoms with E-state index in [1.807, 2.05) is 35.3 Å². The van der Waals surface area contributed by atoms with Crippen LogP contribution in [0, 0.1) is 0 Å². The standard InChI is InChI=1S/C16H20N4O2/c21-16(19-8-10-22-11-9-19)17-6-7-20-13-15(12-18-20)14-4-2-1-3-5-14/h1-5,12-13H,6-11H2,(H,17,21). The van der Waals surface area contributed by atoms with Gasteiger partial charge in [0.15, 0.2) is 0 Å². The Bertz CT molecular complexity index is 606. The number of rotatable bonds is 4. The molecular weight excluding hydrogens is 280 g/mol.